The number of carbonyl (C=O) groups is 1. The Bertz CT molecular complexity index is 860. The average molecular weight is 423 g/mol. The van der Waals surface area contributed by atoms with Crippen molar-refractivity contribution in [3.8, 4) is 0 Å². The van der Waals surface area contributed by atoms with E-state index in [1.54, 1.807) is 42.3 Å². The monoisotopic (exact) mass is 422 g/mol. The van der Waals surface area contributed by atoms with Crippen molar-refractivity contribution < 1.29 is 13.2 Å². The van der Waals surface area contributed by atoms with E-state index in [-0.39, 0.29) is 5.91 Å². The topological polar surface area (TPSA) is 66.5 Å². The van der Waals surface area contributed by atoms with Crippen LogP contribution in [0.4, 0.5) is 5.69 Å². The fourth-order valence-electron chi connectivity index (χ4n) is 2.11. The lowest BCUT2D eigenvalue weighted by Gasteiger charge is -2.15. The molecule has 0 radical (unpaired) electrons. The third-order valence-electron chi connectivity index (χ3n) is 3.34. The summed E-state index contributed by atoms with van der Waals surface area (Å²) in [5.74, 6) is -0.110. The summed E-state index contributed by atoms with van der Waals surface area (Å²) in [5, 5.41) is 0. The van der Waals surface area contributed by atoms with Gasteiger partial charge in [0.1, 0.15) is 0 Å². The predicted molar refractivity (Wildman–Crippen MR) is 105 cm³/mol. The van der Waals surface area contributed by atoms with Gasteiger partial charge in [0.15, 0.2) is 0 Å². The van der Waals surface area contributed by atoms with Crippen molar-refractivity contribution in [3.05, 3.63) is 70.2 Å². The van der Waals surface area contributed by atoms with E-state index in [9.17, 15) is 13.2 Å². The van der Waals surface area contributed by atoms with Crippen LogP contribution in [0.5, 0.6) is 0 Å². The predicted octanol–water partition coefficient (Wildman–Crippen LogP) is 3.49. The van der Waals surface area contributed by atoms with Gasteiger partial charge in [0.2, 0.25) is 15.9 Å². The highest BCUT2D eigenvalue weighted by atomic mass is 79.9. The Hall–Kier alpha value is -2.12. The minimum Gasteiger partial charge on any atom is -0.338 e. The van der Waals surface area contributed by atoms with Crippen LogP contribution in [0.25, 0.3) is 6.08 Å². The number of amides is 1. The molecule has 0 bridgehead atoms. The molecule has 0 aliphatic rings. The number of hydrogen-bond donors (Lipinski definition) is 1. The summed E-state index contributed by atoms with van der Waals surface area (Å²) in [5.41, 5.74) is 2.34. The van der Waals surface area contributed by atoms with Gasteiger partial charge in [-0.15, -0.1) is 0 Å². The maximum atomic E-state index is 12.2. The zero-order valence-electron chi connectivity index (χ0n) is 13.9. The number of carbonyl (C=O) groups excluding carboxylic acids is 1. The van der Waals surface area contributed by atoms with E-state index < -0.39 is 10.0 Å². The molecule has 0 heterocycles. The Labute approximate surface area is 156 Å². The largest absolute Gasteiger partial charge is 0.338 e. The van der Waals surface area contributed by atoms with Gasteiger partial charge in [-0.1, -0.05) is 40.2 Å². The van der Waals surface area contributed by atoms with Gasteiger partial charge in [-0.2, -0.15) is 0 Å². The normalized spacial score (nSPS) is 11.5. The number of halogens is 1. The van der Waals surface area contributed by atoms with Crippen LogP contribution in [-0.4, -0.2) is 32.5 Å². The molecule has 1 amide bonds. The van der Waals surface area contributed by atoms with E-state index >= 15 is 0 Å². The van der Waals surface area contributed by atoms with Crippen LogP contribution in [0.15, 0.2) is 59.1 Å². The third-order valence-corrected chi connectivity index (χ3v) is 4.48. The van der Waals surface area contributed by atoms with Crippen LogP contribution < -0.4 is 4.72 Å². The number of hydrogen-bond acceptors (Lipinski definition) is 3. The van der Waals surface area contributed by atoms with Crippen LogP contribution in [0, 0.1) is 0 Å². The zero-order valence-corrected chi connectivity index (χ0v) is 16.3. The second kappa shape index (κ2) is 8.31. The van der Waals surface area contributed by atoms with Crippen molar-refractivity contribution in [1.29, 1.82) is 0 Å². The first-order chi connectivity index (χ1) is 11.7. The van der Waals surface area contributed by atoms with Gasteiger partial charge in [0, 0.05) is 29.8 Å². The van der Waals surface area contributed by atoms with E-state index in [0.717, 1.165) is 21.9 Å². The number of benzene rings is 2. The van der Waals surface area contributed by atoms with Crippen molar-refractivity contribution in [3.63, 3.8) is 0 Å². The first-order valence-corrected chi connectivity index (χ1v) is 10.2. The van der Waals surface area contributed by atoms with E-state index in [1.807, 2.05) is 24.3 Å². The van der Waals surface area contributed by atoms with Crippen molar-refractivity contribution in [2.24, 2.45) is 0 Å². The highest BCUT2D eigenvalue weighted by Gasteiger charge is 2.06. The molecule has 0 aliphatic carbocycles. The Balaban J connectivity index is 1.95. The summed E-state index contributed by atoms with van der Waals surface area (Å²) in [6, 6.07) is 14.6. The van der Waals surface area contributed by atoms with Crippen molar-refractivity contribution in [2.75, 3.05) is 18.0 Å². The second-order valence-electron chi connectivity index (χ2n) is 5.65. The first kappa shape index (κ1) is 19.2. The van der Waals surface area contributed by atoms with Gasteiger partial charge in [-0.3, -0.25) is 9.52 Å². The summed E-state index contributed by atoms with van der Waals surface area (Å²) in [4.78, 5) is 13.8. The van der Waals surface area contributed by atoms with E-state index in [0.29, 0.717) is 12.2 Å². The number of sulfonamides is 1. The Morgan fingerprint density at radius 1 is 1.12 bits per heavy atom. The van der Waals surface area contributed by atoms with Gasteiger partial charge in [-0.05, 0) is 41.5 Å². The minimum absolute atomic E-state index is 0.110. The average Bonchev–Trinajstić information content (AvgIpc) is 2.54. The summed E-state index contributed by atoms with van der Waals surface area (Å²) in [7, 11) is -1.55. The maximum absolute atomic E-state index is 12.2. The van der Waals surface area contributed by atoms with Crippen LogP contribution in [-0.2, 0) is 21.4 Å². The molecule has 2 aromatic rings. The van der Waals surface area contributed by atoms with Gasteiger partial charge in [-0.25, -0.2) is 8.42 Å². The Kier molecular flexibility index (Phi) is 6.39. The molecule has 0 saturated heterocycles. The fourth-order valence-corrected chi connectivity index (χ4v) is 2.94. The summed E-state index contributed by atoms with van der Waals surface area (Å²) in [6.07, 6.45) is 4.29. The lowest BCUT2D eigenvalue weighted by molar-refractivity contribution is -0.125. The van der Waals surface area contributed by atoms with Gasteiger partial charge in [0.05, 0.1) is 6.26 Å². The summed E-state index contributed by atoms with van der Waals surface area (Å²) < 4.78 is 25.7. The molecule has 7 heteroatoms. The van der Waals surface area contributed by atoms with Crippen LogP contribution >= 0.6 is 15.9 Å². The second-order valence-corrected chi connectivity index (χ2v) is 8.31. The molecule has 2 rings (SSSR count). The SMILES string of the molecule is CN(Cc1ccc(Br)cc1)C(=O)/C=C/c1ccc(NS(C)(=O)=O)cc1. The van der Waals surface area contributed by atoms with Crippen molar-refractivity contribution in [2.45, 2.75) is 6.54 Å². The third kappa shape index (κ3) is 6.72. The van der Waals surface area contributed by atoms with Crippen LogP contribution in [0.1, 0.15) is 11.1 Å². The molecule has 2 aromatic carbocycles. The number of likely N-dealkylation sites (N-methyl/N-ethyl adjacent to an activating group) is 1. The van der Waals surface area contributed by atoms with Gasteiger partial charge >= 0.3 is 0 Å². The minimum atomic E-state index is -3.29. The number of nitrogens with one attached hydrogen (secondary N) is 1. The van der Waals surface area contributed by atoms with Crippen molar-refractivity contribution in [1.82, 2.24) is 4.90 Å². The zero-order chi connectivity index (χ0) is 18.4. The Morgan fingerprint density at radius 3 is 2.28 bits per heavy atom. The number of anilines is 1. The summed E-state index contributed by atoms with van der Waals surface area (Å²) >= 11 is 3.38. The van der Waals surface area contributed by atoms with Crippen LogP contribution in [0.2, 0.25) is 0 Å². The lowest BCUT2D eigenvalue weighted by atomic mass is 10.2. The first-order valence-electron chi connectivity index (χ1n) is 7.48. The standard InChI is InChI=1S/C18H19BrN2O3S/c1-21(13-15-3-8-16(19)9-4-15)18(22)12-7-14-5-10-17(11-6-14)20-25(2,23)24/h3-12,20H,13H2,1-2H3/b12-7+. The molecule has 0 fully saturated rings. The maximum Gasteiger partial charge on any atom is 0.246 e. The molecule has 25 heavy (non-hydrogen) atoms. The van der Waals surface area contributed by atoms with E-state index in [1.165, 1.54) is 6.08 Å². The molecule has 5 nitrogen and oxygen atoms in total. The van der Waals surface area contributed by atoms with E-state index in [4.69, 9.17) is 0 Å². The lowest BCUT2D eigenvalue weighted by Crippen LogP contribution is -2.24. The van der Waals surface area contributed by atoms with Crippen molar-refractivity contribution >= 4 is 43.6 Å². The molecule has 1 N–H and O–H groups in total. The van der Waals surface area contributed by atoms with Gasteiger partial charge in [0.25, 0.3) is 0 Å². The molecule has 0 unspecified atom stereocenters. The highest BCUT2D eigenvalue weighted by molar-refractivity contribution is 9.10. The quantitative estimate of drug-likeness (QED) is 0.724. The highest BCUT2D eigenvalue weighted by Crippen LogP contribution is 2.13. The molecule has 0 aliphatic heterocycles. The van der Waals surface area contributed by atoms with E-state index in [2.05, 4.69) is 20.7 Å². The molecule has 0 spiro atoms. The van der Waals surface area contributed by atoms with Crippen LogP contribution in [0.3, 0.4) is 0 Å². The molecular formula is C18H19BrN2O3S. The molecular weight excluding hydrogens is 404 g/mol. The Morgan fingerprint density at radius 2 is 1.72 bits per heavy atom. The summed E-state index contributed by atoms with van der Waals surface area (Å²) in [6.45, 7) is 0.521. The molecule has 0 aromatic heterocycles. The number of nitrogens with zero attached hydrogens (tertiary/aromatic N) is 1. The molecule has 132 valence electrons. The molecule has 0 atom stereocenters. The fraction of sp³-hybridized carbons (Fsp3) is 0.167. The smallest absolute Gasteiger partial charge is 0.246 e. The molecule has 0 saturated carbocycles. The number of rotatable bonds is 6. The van der Waals surface area contributed by atoms with Gasteiger partial charge < -0.3 is 4.90 Å².